The highest BCUT2D eigenvalue weighted by atomic mass is 35.5. The zero-order valence-corrected chi connectivity index (χ0v) is 16.3. The summed E-state index contributed by atoms with van der Waals surface area (Å²) in [6.45, 7) is 4.86. The Hall–Kier alpha value is -3.12. The summed E-state index contributed by atoms with van der Waals surface area (Å²) in [6, 6.07) is 11.9. The highest BCUT2D eigenvalue weighted by molar-refractivity contribution is 6.33. The average molecular weight is 400 g/mol. The van der Waals surface area contributed by atoms with Gasteiger partial charge in [0.2, 0.25) is 0 Å². The number of hydrogen-bond donors (Lipinski definition) is 1. The Morgan fingerprint density at radius 1 is 1.00 bits per heavy atom. The minimum absolute atomic E-state index is 0.175. The van der Waals surface area contributed by atoms with Crippen molar-refractivity contribution in [1.82, 2.24) is 0 Å². The Balaban J connectivity index is 1.84. The fourth-order valence-electron chi connectivity index (χ4n) is 2.58. The summed E-state index contributed by atoms with van der Waals surface area (Å²) in [5.41, 5.74) is 2.06. The van der Waals surface area contributed by atoms with E-state index in [9.17, 15) is 14.4 Å². The number of esters is 2. The lowest BCUT2D eigenvalue weighted by Crippen LogP contribution is -2.42. The van der Waals surface area contributed by atoms with Gasteiger partial charge in [0.1, 0.15) is 0 Å². The third-order valence-electron chi connectivity index (χ3n) is 4.03. The molecule has 0 atom stereocenters. The molecule has 7 heteroatoms. The van der Waals surface area contributed by atoms with Crippen molar-refractivity contribution in [3.05, 3.63) is 76.0 Å². The predicted molar refractivity (Wildman–Crippen MR) is 104 cm³/mol. The van der Waals surface area contributed by atoms with Crippen molar-refractivity contribution in [3.8, 4) is 0 Å². The number of aryl methyl sites for hydroxylation is 1. The van der Waals surface area contributed by atoms with E-state index in [0.717, 1.165) is 11.8 Å². The lowest BCUT2D eigenvalue weighted by molar-refractivity contribution is -0.222. The number of ketones is 1. The second kappa shape index (κ2) is 7.48. The van der Waals surface area contributed by atoms with E-state index in [1.807, 2.05) is 19.1 Å². The first-order valence-corrected chi connectivity index (χ1v) is 8.88. The Labute approximate surface area is 167 Å². The highest BCUT2D eigenvalue weighted by Gasteiger charge is 2.38. The molecule has 1 aliphatic heterocycles. The molecule has 2 aromatic carbocycles. The molecule has 1 aliphatic rings. The van der Waals surface area contributed by atoms with Gasteiger partial charge in [0, 0.05) is 31.2 Å². The number of hydrogen-bond acceptors (Lipinski definition) is 6. The van der Waals surface area contributed by atoms with E-state index in [0.29, 0.717) is 21.8 Å². The van der Waals surface area contributed by atoms with Gasteiger partial charge >= 0.3 is 11.9 Å². The molecule has 0 aromatic heterocycles. The number of cyclic esters (lactones) is 2. The normalized spacial score (nSPS) is 15.5. The van der Waals surface area contributed by atoms with Gasteiger partial charge in [-0.1, -0.05) is 41.4 Å². The lowest BCUT2D eigenvalue weighted by atomic mass is 10.0. The van der Waals surface area contributed by atoms with Crippen LogP contribution in [-0.4, -0.2) is 23.5 Å². The molecule has 28 heavy (non-hydrogen) atoms. The monoisotopic (exact) mass is 399 g/mol. The molecule has 2 aromatic rings. The highest BCUT2D eigenvalue weighted by Crippen LogP contribution is 2.26. The van der Waals surface area contributed by atoms with E-state index >= 15 is 0 Å². The second-order valence-corrected chi connectivity index (χ2v) is 7.18. The number of nitrogens with one attached hydrogen (secondary N) is 1. The molecule has 1 saturated heterocycles. The van der Waals surface area contributed by atoms with Gasteiger partial charge in [-0.05, 0) is 25.1 Å². The maximum absolute atomic E-state index is 12.7. The van der Waals surface area contributed by atoms with Gasteiger partial charge in [-0.15, -0.1) is 0 Å². The standard InChI is InChI=1S/C21H18ClNO5/c1-12-4-6-13(7-5-12)18(24)14-8-9-16(22)17(10-14)23-11-15-19(25)27-21(2,3)28-20(15)26/h4-11,23H,1-3H3. The van der Waals surface area contributed by atoms with Gasteiger partial charge in [0.05, 0.1) is 10.7 Å². The summed E-state index contributed by atoms with van der Waals surface area (Å²) in [4.78, 5) is 36.7. The molecule has 3 rings (SSSR count). The van der Waals surface area contributed by atoms with Crippen LogP contribution < -0.4 is 5.32 Å². The quantitative estimate of drug-likeness (QED) is 0.362. The molecular weight excluding hydrogens is 382 g/mol. The molecule has 1 fully saturated rings. The summed E-state index contributed by atoms with van der Waals surface area (Å²) in [5, 5.41) is 3.09. The van der Waals surface area contributed by atoms with Gasteiger partial charge < -0.3 is 14.8 Å². The molecule has 0 amide bonds. The van der Waals surface area contributed by atoms with Crippen LogP contribution in [0.4, 0.5) is 5.69 Å². The van der Waals surface area contributed by atoms with Gasteiger partial charge in [-0.25, -0.2) is 9.59 Å². The van der Waals surface area contributed by atoms with Crippen LogP contribution in [0.2, 0.25) is 5.02 Å². The van der Waals surface area contributed by atoms with Crippen LogP contribution in [0, 0.1) is 6.92 Å². The van der Waals surface area contributed by atoms with Crippen LogP contribution in [0.1, 0.15) is 35.3 Å². The zero-order chi connectivity index (χ0) is 20.5. The van der Waals surface area contributed by atoms with Crippen LogP contribution in [0.25, 0.3) is 0 Å². The Bertz CT molecular complexity index is 970. The smallest absolute Gasteiger partial charge is 0.350 e. The molecule has 0 unspecified atom stereocenters. The fourth-order valence-corrected chi connectivity index (χ4v) is 2.75. The minimum Gasteiger partial charge on any atom is -0.419 e. The van der Waals surface area contributed by atoms with Crippen LogP contribution in [0.5, 0.6) is 0 Å². The van der Waals surface area contributed by atoms with Crippen LogP contribution in [0.15, 0.2) is 54.2 Å². The molecule has 0 aliphatic carbocycles. The second-order valence-electron chi connectivity index (χ2n) is 6.77. The van der Waals surface area contributed by atoms with Crippen LogP contribution in [0.3, 0.4) is 0 Å². The SMILES string of the molecule is Cc1ccc(C(=O)c2ccc(Cl)c(NC=C3C(=O)OC(C)(C)OC3=O)c2)cc1. The Morgan fingerprint density at radius 3 is 2.18 bits per heavy atom. The van der Waals surface area contributed by atoms with E-state index in [4.69, 9.17) is 21.1 Å². The van der Waals surface area contributed by atoms with Crippen molar-refractivity contribution in [2.75, 3.05) is 5.32 Å². The number of carbonyl (C=O) groups excluding carboxylic acids is 3. The Morgan fingerprint density at radius 2 is 1.57 bits per heavy atom. The van der Waals surface area contributed by atoms with E-state index in [2.05, 4.69) is 5.32 Å². The average Bonchev–Trinajstić information content (AvgIpc) is 2.61. The van der Waals surface area contributed by atoms with Gasteiger partial charge in [0.25, 0.3) is 5.79 Å². The van der Waals surface area contributed by atoms with Crippen LogP contribution in [-0.2, 0) is 19.1 Å². The first-order chi connectivity index (χ1) is 13.2. The zero-order valence-electron chi connectivity index (χ0n) is 15.5. The number of carbonyl (C=O) groups is 3. The van der Waals surface area contributed by atoms with E-state index in [1.54, 1.807) is 30.3 Å². The molecule has 1 N–H and O–H groups in total. The van der Waals surface area contributed by atoms with Crippen LogP contribution >= 0.6 is 11.6 Å². The molecule has 6 nitrogen and oxygen atoms in total. The topological polar surface area (TPSA) is 81.7 Å². The lowest BCUT2D eigenvalue weighted by Gasteiger charge is -2.29. The Kier molecular flexibility index (Phi) is 5.25. The van der Waals surface area contributed by atoms with Crippen molar-refractivity contribution >= 4 is 35.0 Å². The molecule has 0 radical (unpaired) electrons. The van der Waals surface area contributed by atoms with E-state index in [-0.39, 0.29) is 11.4 Å². The number of rotatable bonds is 4. The first-order valence-electron chi connectivity index (χ1n) is 8.50. The minimum atomic E-state index is -1.32. The van der Waals surface area contributed by atoms with Crippen molar-refractivity contribution in [1.29, 1.82) is 0 Å². The summed E-state index contributed by atoms with van der Waals surface area (Å²) >= 11 is 6.17. The van der Waals surface area contributed by atoms with Gasteiger partial charge in [0.15, 0.2) is 11.4 Å². The third kappa shape index (κ3) is 4.23. The van der Waals surface area contributed by atoms with Crippen molar-refractivity contribution in [3.63, 3.8) is 0 Å². The van der Waals surface area contributed by atoms with E-state index in [1.165, 1.54) is 13.8 Å². The van der Waals surface area contributed by atoms with Crippen molar-refractivity contribution in [2.45, 2.75) is 26.6 Å². The van der Waals surface area contributed by atoms with Gasteiger partial charge in [-0.2, -0.15) is 0 Å². The molecule has 0 spiro atoms. The molecule has 0 bridgehead atoms. The number of ether oxygens (including phenoxy) is 2. The largest absolute Gasteiger partial charge is 0.419 e. The summed E-state index contributed by atoms with van der Waals surface area (Å²) in [6.07, 6.45) is 1.15. The first kappa shape index (κ1) is 19.6. The van der Waals surface area contributed by atoms with E-state index < -0.39 is 17.7 Å². The molecule has 0 saturated carbocycles. The third-order valence-corrected chi connectivity index (χ3v) is 4.36. The number of halogens is 1. The van der Waals surface area contributed by atoms with Crippen molar-refractivity contribution in [2.24, 2.45) is 0 Å². The summed E-state index contributed by atoms with van der Waals surface area (Å²) in [7, 11) is 0. The summed E-state index contributed by atoms with van der Waals surface area (Å²) < 4.78 is 10.1. The molecule has 1 heterocycles. The fraction of sp³-hybridized carbons (Fsp3) is 0.190. The molecular formula is C21H18ClNO5. The maximum atomic E-state index is 12.7. The molecule has 144 valence electrons. The van der Waals surface area contributed by atoms with Crippen molar-refractivity contribution < 1.29 is 23.9 Å². The maximum Gasteiger partial charge on any atom is 0.350 e. The summed E-state index contributed by atoms with van der Waals surface area (Å²) in [5.74, 6) is -3.11. The number of anilines is 1. The number of benzene rings is 2. The predicted octanol–water partition coefficient (Wildman–Crippen LogP) is 4.01. The van der Waals surface area contributed by atoms with Gasteiger partial charge in [-0.3, -0.25) is 4.79 Å².